The maximum atomic E-state index is 11.9. The van der Waals surface area contributed by atoms with Crippen LogP contribution in [-0.2, 0) is 10.0 Å². The smallest absolute Gasteiger partial charge is 0.207 e. The van der Waals surface area contributed by atoms with Crippen molar-refractivity contribution >= 4 is 21.6 Å². The van der Waals surface area contributed by atoms with Gasteiger partial charge in [0, 0.05) is 11.6 Å². The Bertz CT molecular complexity index is 621. The summed E-state index contributed by atoms with van der Waals surface area (Å²) in [5.74, 6) is 0.435. The van der Waals surface area contributed by atoms with Gasteiger partial charge >= 0.3 is 0 Å². The highest BCUT2D eigenvalue weighted by Crippen LogP contribution is 2.20. The zero-order chi connectivity index (χ0) is 13.2. The Hall–Kier alpha value is -1.31. The zero-order valence-corrected chi connectivity index (χ0v) is 11.6. The summed E-state index contributed by atoms with van der Waals surface area (Å²) < 4.78 is 30.3. The first-order valence-corrected chi connectivity index (χ1v) is 7.66. The van der Waals surface area contributed by atoms with Crippen molar-refractivity contribution < 1.29 is 8.42 Å². The molecule has 0 aliphatic heterocycles. The lowest BCUT2D eigenvalue weighted by atomic mass is 10.2. The van der Waals surface area contributed by atoms with E-state index in [-0.39, 0.29) is 10.4 Å². The fourth-order valence-electron chi connectivity index (χ4n) is 1.38. The number of nitrogens with one attached hydrogen (secondary N) is 1. The number of rotatable bonds is 4. The van der Waals surface area contributed by atoms with Crippen LogP contribution in [0.15, 0.2) is 34.7 Å². The van der Waals surface area contributed by atoms with Gasteiger partial charge in [-0.2, -0.15) is 4.37 Å². The number of hydrogen-bond acceptors (Lipinski definition) is 5. The molecule has 1 heterocycles. The van der Waals surface area contributed by atoms with Crippen molar-refractivity contribution in [2.45, 2.75) is 24.2 Å². The highest BCUT2D eigenvalue weighted by Gasteiger charge is 2.21. The van der Waals surface area contributed by atoms with E-state index in [2.05, 4.69) is 14.1 Å². The predicted molar refractivity (Wildman–Crippen MR) is 70.8 cm³/mol. The van der Waals surface area contributed by atoms with Gasteiger partial charge in [-0.3, -0.25) is 0 Å². The van der Waals surface area contributed by atoms with E-state index in [1.165, 1.54) is 0 Å². The Morgan fingerprint density at radius 1 is 1.22 bits per heavy atom. The van der Waals surface area contributed by atoms with Gasteiger partial charge in [-0.05, 0) is 25.4 Å². The van der Waals surface area contributed by atoms with Gasteiger partial charge in [0.2, 0.25) is 4.34 Å². The molecule has 0 atom stereocenters. The summed E-state index contributed by atoms with van der Waals surface area (Å²) in [4.78, 5) is 4.06. The molecule has 1 aromatic heterocycles. The maximum absolute atomic E-state index is 11.9. The van der Waals surface area contributed by atoms with E-state index in [1.807, 2.05) is 30.3 Å². The van der Waals surface area contributed by atoms with Crippen molar-refractivity contribution in [1.29, 1.82) is 0 Å². The molecule has 0 aliphatic rings. The fraction of sp³-hybridized carbons (Fsp3) is 0.273. The molecule has 1 N–H and O–H groups in total. The van der Waals surface area contributed by atoms with Gasteiger partial charge in [0.05, 0.1) is 0 Å². The molecule has 0 fully saturated rings. The molecule has 18 heavy (non-hydrogen) atoms. The second-order valence-electron chi connectivity index (χ2n) is 4.03. The van der Waals surface area contributed by atoms with E-state index < -0.39 is 10.0 Å². The van der Waals surface area contributed by atoms with Crippen LogP contribution >= 0.6 is 11.5 Å². The third-order valence-corrected chi connectivity index (χ3v) is 4.79. The normalized spacial score (nSPS) is 11.9. The monoisotopic (exact) mass is 283 g/mol. The van der Waals surface area contributed by atoms with E-state index in [0.29, 0.717) is 5.82 Å². The van der Waals surface area contributed by atoms with Crippen LogP contribution in [0.25, 0.3) is 11.4 Å². The second-order valence-corrected chi connectivity index (χ2v) is 6.67. The van der Waals surface area contributed by atoms with Crippen LogP contribution in [0.3, 0.4) is 0 Å². The molecule has 2 aromatic rings. The third-order valence-electron chi connectivity index (χ3n) is 2.06. The molecule has 1 aromatic carbocycles. The van der Waals surface area contributed by atoms with Crippen molar-refractivity contribution in [3.63, 3.8) is 0 Å². The quantitative estimate of drug-likeness (QED) is 0.930. The van der Waals surface area contributed by atoms with Crippen LogP contribution in [0.4, 0.5) is 0 Å². The first kappa shape index (κ1) is 13.1. The fourth-order valence-corrected chi connectivity index (χ4v) is 3.40. The highest BCUT2D eigenvalue weighted by molar-refractivity contribution is 7.91. The lowest BCUT2D eigenvalue weighted by Crippen LogP contribution is -2.30. The number of nitrogens with zero attached hydrogens (tertiary/aromatic N) is 2. The van der Waals surface area contributed by atoms with E-state index in [4.69, 9.17) is 0 Å². The van der Waals surface area contributed by atoms with Gasteiger partial charge in [-0.1, -0.05) is 30.3 Å². The van der Waals surface area contributed by atoms with Crippen LogP contribution in [0.1, 0.15) is 13.8 Å². The minimum absolute atomic E-state index is 0.00458. The molecular weight excluding hydrogens is 270 g/mol. The van der Waals surface area contributed by atoms with Gasteiger partial charge in [0.15, 0.2) is 5.82 Å². The molecule has 0 unspecified atom stereocenters. The maximum Gasteiger partial charge on any atom is 0.269 e. The van der Waals surface area contributed by atoms with Crippen molar-refractivity contribution in [3.05, 3.63) is 30.3 Å². The molecule has 7 heteroatoms. The van der Waals surface area contributed by atoms with E-state index >= 15 is 0 Å². The van der Waals surface area contributed by atoms with Crippen LogP contribution in [0.2, 0.25) is 0 Å². The first-order chi connectivity index (χ1) is 8.49. The van der Waals surface area contributed by atoms with Crippen LogP contribution < -0.4 is 4.72 Å². The summed E-state index contributed by atoms with van der Waals surface area (Å²) in [6.45, 7) is 3.52. The summed E-state index contributed by atoms with van der Waals surface area (Å²) in [6.07, 6.45) is 0. The van der Waals surface area contributed by atoms with Crippen LogP contribution in [-0.4, -0.2) is 23.8 Å². The third kappa shape index (κ3) is 2.92. The van der Waals surface area contributed by atoms with E-state index in [1.54, 1.807) is 13.8 Å². The number of benzene rings is 1. The minimum Gasteiger partial charge on any atom is -0.207 e. The van der Waals surface area contributed by atoms with Gasteiger partial charge in [0.1, 0.15) is 0 Å². The average Bonchev–Trinajstić information content (AvgIpc) is 2.78. The average molecular weight is 283 g/mol. The lowest BCUT2D eigenvalue weighted by Gasteiger charge is -2.05. The highest BCUT2D eigenvalue weighted by atomic mass is 32.2. The molecule has 2 rings (SSSR count). The SMILES string of the molecule is CC(C)NS(=O)(=O)c1nc(-c2ccccc2)ns1. The van der Waals surface area contributed by atoms with Crippen molar-refractivity contribution in [1.82, 2.24) is 14.1 Å². The van der Waals surface area contributed by atoms with Gasteiger partial charge < -0.3 is 0 Å². The van der Waals surface area contributed by atoms with E-state index in [9.17, 15) is 8.42 Å². The molecule has 0 spiro atoms. The molecule has 0 bridgehead atoms. The van der Waals surface area contributed by atoms with Crippen LogP contribution in [0.5, 0.6) is 0 Å². The molecule has 0 saturated heterocycles. The van der Waals surface area contributed by atoms with Gasteiger partial charge in [-0.15, -0.1) is 0 Å². The number of aromatic nitrogens is 2. The standard InChI is InChI=1S/C11H13N3O2S2/c1-8(2)14-18(15,16)11-12-10(13-17-11)9-6-4-3-5-7-9/h3-8,14H,1-2H3. The van der Waals surface area contributed by atoms with Crippen molar-refractivity contribution in [2.75, 3.05) is 0 Å². The molecule has 5 nitrogen and oxygen atoms in total. The first-order valence-electron chi connectivity index (χ1n) is 5.40. The molecular formula is C11H13N3O2S2. The Labute approximate surface area is 110 Å². The lowest BCUT2D eigenvalue weighted by molar-refractivity contribution is 0.569. The topological polar surface area (TPSA) is 72.0 Å². The summed E-state index contributed by atoms with van der Waals surface area (Å²) in [5.41, 5.74) is 0.805. The summed E-state index contributed by atoms with van der Waals surface area (Å²) in [5, 5.41) is 0. The molecule has 0 aliphatic carbocycles. The molecule has 96 valence electrons. The Morgan fingerprint density at radius 3 is 2.50 bits per heavy atom. The zero-order valence-electron chi connectivity index (χ0n) is 9.99. The van der Waals surface area contributed by atoms with E-state index in [0.717, 1.165) is 17.1 Å². The van der Waals surface area contributed by atoms with Gasteiger partial charge in [-0.25, -0.2) is 18.1 Å². The minimum atomic E-state index is -3.55. The largest absolute Gasteiger partial charge is 0.269 e. The van der Waals surface area contributed by atoms with Crippen molar-refractivity contribution in [2.24, 2.45) is 0 Å². The number of sulfonamides is 1. The summed E-state index contributed by atoms with van der Waals surface area (Å²) in [7, 11) is -3.55. The molecule has 0 saturated carbocycles. The second kappa shape index (κ2) is 5.13. The molecule has 0 radical (unpaired) electrons. The summed E-state index contributed by atoms with van der Waals surface area (Å²) in [6, 6.07) is 9.11. The Kier molecular flexibility index (Phi) is 3.74. The van der Waals surface area contributed by atoms with Crippen molar-refractivity contribution in [3.8, 4) is 11.4 Å². The Balaban J connectivity index is 2.32. The number of hydrogen-bond donors (Lipinski definition) is 1. The summed E-state index contributed by atoms with van der Waals surface area (Å²) >= 11 is 0.882. The molecule has 0 amide bonds. The van der Waals surface area contributed by atoms with Gasteiger partial charge in [0.25, 0.3) is 10.0 Å². The Morgan fingerprint density at radius 2 is 1.89 bits per heavy atom. The van der Waals surface area contributed by atoms with Crippen LogP contribution in [0, 0.1) is 0 Å². The predicted octanol–water partition coefficient (Wildman–Crippen LogP) is 1.89.